The van der Waals surface area contributed by atoms with E-state index in [-0.39, 0.29) is 17.6 Å². The second-order valence-electron chi connectivity index (χ2n) is 4.82. The fraction of sp³-hybridized carbons (Fsp3) is 0.833. The molecule has 0 aromatic carbocycles. The van der Waals surface area contributed by atoms with Crippen LogP contribution in [0.1, 0.15) is 39.5 Å². The third-order valence-corrected chi connectivity index (χ3v) is 4.11. The summed E-state index contributed by atoms with van der Waals surface area (Å²) in [4.78, 5) is 23.3. The summed E-state index contributed by atoms with van der Waals surface area (Å²) in [6, 6.07) is 0. The van der Waals surface area contributed by atoms with Crippen LogP contribution in [0.2, 0.25) is 0 Å². The van der Waals surface area contributed by atoms with Gasteiger partial charge in [-0.05, 0) is 38.0 Å². The molecule has 0 aromatic rings. The van der Waals surface area contributed by atoms with E-state index in [9.17, 15) is 9.59 Å². The summed E-state index contributed by atoms with van der Waals surface area (Å²) in [7, 11) is 0. The van der Waals surface area contributed by atoms with Crippen molar-refractivity contribution in [3.63, 3.8) is 0 Å². The number of Topliss-reactive ketones (excluding diaryl/α,β-unsaturated/α-hetero) is 2. The molecule has 2 bridgehead atoms. The van der Waals surface area contributed by atoms with Crippen LogP contribution in [0, 0.1) is 23.7 Å². The van der Waals surface area contributed by atoms with E-state index >= 15 is 0 Å². The lowest BCUT2D eigenvalue weighted by atomic mass is 9.74. The molecule has 2 rings (SSSR count). The smallest absolute Gasteiger partial charge is 0.136 e. The number of rotatable bonds is 3. The SMILES string of the molecule is CCC(=O)C1C(C(C)=O)[C@H]2CC[C@@H]1C2. The number of hydrogen-bond acceptors (Lipinski definition) is 2. The first-order valence-corrected chi connectivity index (χ1v) is 5.68. The summed E-state index contributed by atoms with van der Waals surface area (Å²) in [5, 5.41) is 0. The lowest BCUT2D eigenvalue weighted by Crippen LogP contribution is -2.33. The average molecular weight is 194 g/mol. The van der Waals surface area contributed by atoms with Crippen molar-refractivity contribution < 1.29 is 9.59 Å². The molecule has 0 aliphatic heterocycles. The van der Waals surface area contributed by atoms with E-state index in [0.29, 0.717) is 24.0 Å². The first-order chi connectivity index (χ1) is 6.65. The second kappa shape index (κ2) is 3.48. The van der Waals surface area contributed by atoms with Crippen LogP contribution >= 0.6 is 0 Å². The largest absolute Gasteiger partial charge is 0.300 e. The standard InChI is InChI=1S/C12H18O2/c1-3-10(14)12-9-5-4-8(6-9)11(12)7(2)13/h8-9,11-12H,3-6H2,1-2H3/t8-,9+,11?,12?/m0/s1. The first-order valence-electron chi connectivity index (χ1n) is 5.68. The lowest BCUT2D eigenvalue weighted by molar-refractivity contribution is -0.133. The van der Waals surface area contributed by atoms with E-state index in [1.807, 2.05) is 6.92 Å². The van der Waals surface area contributed by atoms with Gasteiger partial charge in [0.15, 0.2) is 0 Å². The maximum Gasteiger partial charge on any atom is 0.136 e. The Hall–Kier alpha value is -0.660. The quantitative estimate of drug-likeness (QED) is 0.690. The van der Waals surface area contributed by atoms with Gasteiger partial charge in [0.25, 0.3) is 0 Å². The highest BCUT2D eigenvalue weighted by Gasteiger charge is 2.51. The third-order valence-electron chi connectivity index (χ3n) is 4.11. The molecule has 2 aliphatic rings. The predicted molar refractivity (Wildman–Crippen MR) is 53.8 cm³/mol. The minimum Gasteiger partial charge on any atom is -0.300 e. The van der Waals surface area contributed by atoms with Gasteiger partial charge in [0.2, 0.25) is 0 Å². The highest BCUT2D eigenvalue weighted by Crippen LogP contribution is 2.53. The van der Waals surface area contributed by atoms with Crippen molar-refractivity contribution >= 4 is 11.6 Å². The van der Waals surface area contributed by atoms with Gasteiger partial charge in [0.05, 0.1) is 0 Å². The fourth-order valence-electron chi connectivity index (χ4n) is 3.58. The molecular formula is C12H18O2. The molecule has 2 heteroatoms. The zero-order valence-electron chi connectivity index (χ0n) is 8.95. The summed E-state index contributed by atoms with van der Waals surface area (Å²) < 4.78 is 0. The normalized spacial score (nSPS) is 40.1. The molecule has 2 saturated carbocycles. The van der Waals surface area contributed by atoms with E-state index in [1.54, 1.807) is 6.92 Å². The number of carbonyl (C=O) groups is 2. The Morgan fingerprint density at radius 2 is 1.71 bits per heavy atom. The maximum absolute atomic E-state index is 11.8. The van der Waals surface area contributed by atoms with Crippen molar-refractivity contribution in [2.75, 3.05) is 0 Å². The second-order valence-corrected chi connectivity index (χ2v) is 4.82. The Balaban J connectivity index is 2.21. The minimum absolute atomic E-state index is 0.0706. The molecule has 0 N–H and O–H groups in total. The Morgan fingerprint density at radius 1 is 1.14 bits per heavy atom. The minimum atomic E-state index is 0.0706. The monoisotopic (exact) mass is 194 g/mol. The lowest BCUT2D eigenvalue weighted by Gasteiger charge is -2.27. The van der Waals surface area contributed by atoms with Crippen molar-refractivity contribution in [3.05, 3.63) is 0 Å². The average Bonchev–Trinajstić information content (AvgIpc) is 2.74. The molecular weight excluding hydrogens is 176 g/mol. The van der Waals surface area contributed by atoms with E-state index in [4.69, 9.17) is 0 Å². The molecule has 0 spiro atoms. The summed E-state index contributed by atoms with van der Waals surface area (Å²) in [5.74, 6) is 1.76. The summed E-state index contributed by atoms with van der Waals surface area (Å²) in [5.41, 5.74) is 0. The Bertz CT molecular complexity index is 269. The van der Waals surface area contributed by atoms with Crippen molar-refractivity contribution in [1.29, 1.82) is 0 Å². The van der Waals surface area contributed by atoms with Gasteiger partial charge in [-0.25, -0.2) is 0 Å². The molecule has 2 unspecified atom stereocenters. The Morgan fingerprint density at radius 3 is 2.21 bits per heavy atom. The van der Waals surface area contributed by atoms with Crippen molar-refractivity contribution in [2.45, 2.75) is 39.5 Å². The molecule has 14 heavy (non-hydrogen) atoms. The molecule has 2 fully saturated rings. The molecule has 0 saturated heterocycles. The number of ketones is 2. The summed E-state index contributed by atoms with van der Waals surface area (Å²) >= 11 is 0. The molecule has 78 valence electrons. The van der Waals surface area contributed by atoms with Crippen molar-refractivity contribution in [2.24, 2.45) is 23.7 Å². The highest BCUT2D eigenvalue weighted by molar-refractivity contribution is 5.90. The van der Waals surface area contributed by atoms with Gasteiger partial charge in [-0.2, -0.15) is 0 Å². The van der Waals surface area contributed by atoms with Crippen molar-refractivity contribution in [1.82, 2.24) is 0 Å². The van der Waals surface area contributed by atoms with Crippen LogP contribution in [0.25, 0.3) is 0 Å². The zero-order chi connectivity index (χ0) is 10.3. The first kappa shape index (κ1) is 9.88. The van der Waals surface area contributed by atoms with Crippen LogP contribution < -0.4 is 0 Å². The van der Waals surface area contributed by atoms with Gasteiger partial charge in [0.1, 0.15) is 11.6 Å². The van der Waals surface area contributed by atoms with Crippen LogP contribution in [0.15, 0.2) is 0 Å². The number of carbonyl (C=O) groups excluding carboxylic acids is 2. The van der Waals surface area contributed by atoms with Crippen LogP contribution in [0.5, 0.6) is 0 Å². The third kappa shape index (κ3) is 1.32. The molecule has 0 heterocycles. The van der Waals surface area contributed by atoms with Crippen LogP contribution in [0.4, 0.5) is 0 Å². The van der Waals surface area contributed by atoms with E-state index in [1.165, 1.54) is 12.8 Å². The van der Waals surface area contributed by atoms with E-state index in [2.05, 4.69) is 0 Å². The topological polar surface area (TPSA) is 34.1 Å². The van der Waals surface area contributed by atoms with Gasteiger partial charge in [-0.3, -0.25) is 9.59 Å². The van der Waals surface area contributed by atoms with Gasteiger partial charge in [-0.15, -0.1) is 0 Å². The Kier molecular flexibility index (Phi) is 2.46. The van der Waals surface area contributed by atoms with E-state index in [0.717, 1.165) is 6.42 Å². The van der Waals surface area contributed by atoms with Crippen LogP contribution in [0.3, 0.4) is 0 Å². The number of fused-ring (bicyclic) bond motifs is 2. The fourth-order valence-corrected chi connectivity index (χ4v) is 3.58. The van der Waals surface area contributed by atoms with Crippen molar-refractivity contribution in [3.8, 4) is 0 Å². The van der Waals surface area contributed by atoms with Gasteiger partial charge >= 0.3 is 0 Å². The summed E-state index contributed by atoms with van der Waals surface area (Å²) in [6.45, 7) is 3.56. The maximum atomic E-state index is 11.8. The highest BCUT2D eigenvalue weighted by atomic mass is 16.1. The van der Waals surface area contributed by atoms with Gasteiger partial charge in [-0.1, -0.05) is 6.92 Å². The molecule has 2 nitrogen and oxygen atoms in total. The Labute approximate surface area is 85.1 Å². The van der Waals surface area contributed by atoms with Crippen LogP contribution in [-0.2, 0) is 9.59 Å². The molecule has 0 radical (unpaired) electrons. The molecule has 0 amide bonds. The van der Waals surface area contributed by atoms with Crippen LogP contribution in [-0.4, -0.2) is 11.6 Å². The molecule has 0 aromatic heterocycles. The predicted octanol–water partition coefficient (Wildman–Crippen LogP) is 2.22. The zero-order valence-corrected chi connectivity index (χ0v) is 8.95. The molecule has 2 aliphatic carbocycles. The summed E-state index contributed by atoms with van der Waals surface area (Å²) in [6.07, 6.45) is 4.06. The number of hydrogen-bond donors (Lipinski definition) is 0. The van der Waals surface area contributed by atoms with Gasteiger partial charge < -0.3 is 0 Å². The van der Waals surface area contributed by atoms with E-state index < -0.39 is 0 Å². The molecule has 4 atom stereocenters. The van der Waals surface area contributed by atoms with Gasteiger partial charge in [0, 0.05) is 18.3 Å².